The Hall–Kier alpha value is -1.67. The van der Waals surface area contributed by atoms with E-state index in [1.807, 2.05) is 5.92 Å². The van der Waals surface area contributed by atoms with E-state index in [9.17, 15) is 9.59 Å². The number of aldehydes is 1. The smallest absolute Gasteiger partial charge is 0.382 e. The molecule has 0 spiro atoms. The summed E-state index contributed by atoms with van der Waals surface area (Å²) in [5.74, 6) is 2.90. The summed E-state index contributed by atoms with van der Waals surface area (Å²) >= 11 is 1.13. The van der Waals surface area contributed by atoms with Crippen LogP contribution in [0.5, 0.6) is 0 Å². The van der Waals surface area contributed by atoms with Gasteiger partial charge in [0.05, 0.1) is 5.51 Å². The van der Waals surface area contributed by atoms with Crippen LogP contribution in [-0.4, -0.2) is 22.3 Å². The Labute approximate surface area is 71.9 Å². The van der Waals surface area contributed by atoms with Crippen LogP contribution in [0.15, 0.2) is 5.51 Å². The molecule has 12 heavy (non-hydrogen) atoms. The zero-order valence-corrected chi connectivity index (χ0v) is 6.59. The minimum Gasteiger partial charge on any atom is -0.472 e. The van der Waals surface area contributed by atoms with Gasteiger partial charge >= 0.3 is 5.97 Å². The summed E-state index contributed by atoms with van der Waals surface area (Å²) in [6.45, 7) is 0. The number of carbonyl (C=O) groups excluding carboxylic acids is 1. The first kappa shape index (κ1) is 8.43. The number of aliphatic carboxylic acids is 1. The number of rotatable bonds is 1. The van der Waals surface area contributed by atoms with Crippen molar-refractivity contribution in [3.63, 3.8) is 0 Å². The van der Waals surface area contributed by atoms with Crippen LogP contribution in [0.3, 0.4) is 0 Å². The highest BCUT2D eigenvalue weighted by molar-refractivity contribution is 7.11. The van der Waals surface area contributed by atoms with Gasteiger partial charge < -0.3 is 5.11 Å². The maximum atomic E-state index is 10.3. The summed E-state index contributed by atoms with van der Waals surface area (Å²) in [5.41, 5.74) is 1.66. The van der Waals surface area contributed by atoms with Crippen molar-refractivity contribution < 1.29 is 14.7 Å². The maximum Gasteiger partial charge on any atom is 0.382 e. The highest BCUT2D eigenvalue weighted by Gasteiger charge is 2.00. The summed E-state index contributed by atoms with van der Waals surface area (Å²) in [6.07, 6.45) is 0.601. The molecule has 60 valence electrons. The van der Waals surface area contributed by atoms with Crippen molar-refractivity contribution in [3.8, 4) is 11.8 Å². The fourth-order valence-electron chi connectivity index (χ4n) is 0.545. The monoisotopic (exact) mass is 181 g/mol. The maximum absolute atomic E-state index is 10.3. The molecule has 4 nitrogen and oxygen atoms in total. The predicted molar refractivity (Wildman–Crippen MR) is 42.0 cm³/mol. The van der Waals surface area contributed by atoms with Crippen LogP contribution in [0.4, 0.5) is 0 Å². The molecule has 0 unspecified atom stereocenters. The molecular formula is C7H3NO3S. The zero-order valence-electron chi connectivity index (χ0n) is 5.77. The van der Waals surface area contributed by atoms with Gasteiger partial charge in [0.1, 0.15) is 10.6 Å². The lowest BCUT2D eigenvalue weighted by Crippen LogP contribution is -1.88. The van der Waals surface area contributed by atoms with Crippen LogP contribution >= 0.6 is 11.3 Å². The first-order valence-corrected chi connectivity index (χ1v) is 3.75. The van der Waals surface area contributed by atoms with Gasteiger partial charge in [-0.15, -0.1) is 11.3 Å². The largest absolute Gasteiger partial charge is 0.472 e. The topological polar surface area (TPSA) is 67.3 Å². The zero-order chi connectivity index (χ0) is 8.97. The van der Waals surface area contributed by atoms with E-state index in [1.54, 1.807) is 0 Å². The first-order chi connectivity index (χ1) is 5.74. The normalized spacial score (nSPS) is 8.33. The Morgan fingerprint density at radius 3 is 3.08 bits per heavy atom. The van der Waals surface area contributed by atoms with E-state index in [-0.39, 0.29) is 5.69 Å². The number of carboxylic acids is 1. The van der Waals surface area contributed by atoms with Crippen molar-refractivity contribution in [2.75, 3.05) is 0 Å². The third kappa shape index (κ3) is 1.90. The van der Waals surface area contributed by atoms with Crippen LogP contribution in [0, 0.1) is 11.8 Å². The van der Waals surface area contributed by atoms with E-state index in [1.165, 1.54) is 5.51 Å². The molecule has 1 aromatic heterocycles. The number of carbonyl (C=O) groups is 2. The number of hydrogen-bond acceptors (Lipinski definition) is 4. The number of thiazole rings is 1. The molecule has 0 saturated carbocycles. The third-order valence-corrected chi connectivity index (χ3v) is 1.74. The summed E-state index contributed by atoms with van der Waals surface area (Å²) in [4.78, 5) is 24.4. The predicted octanol–water partition coefficient (Wildman–Crippen LogP) is 0.392. The molecule has 0 fully saturated rings. The Balaban J connectivity index is 2.98. The minimum absolute atomic E-state index is 0.220. The van der Waals surface area contributed by atoms with Gasteiger partial charge in [-0.05, 0) is 5.92 Å². The van der Waals surface area contributed by atoms with Crippen molar-refractivity contribution in [1.29, 1.82) is 0 Å². The van der Waals surface area contributed by atoms with Crippen LogP contribution in [0.25, 0.3) is 0 Å². The van der Waals surface area contributed by atoms with E-state index in [2.05, 4.69) is 10.9 Å². The lowest BCUT2D eigenvalue weighted by Gasteiger charge is -1.79. The lowest BCUT2D eigenvalue weighted by atomic mass is 10.4. The van der Waals surface area contributed by atoms with Crippen LogP contribution < -0.4 is 0 Å². The first-order valence-electron chi connectivity index (χ1n) is 2.87. The molecule has 1 heterocycles. The number of aromatic nitrogens is 1. The van der Waals surface area contributed by atoms with Crippen molar-refractivity contribution in [2.45, 2.75) is 0 Å². The van der Waals surface area contributed by atoms with E-state index >= 15 is 0 Å². The summed E-state index contributed by atoms with van der Waals surface area (Å²) in [6, 6.07) is 0. The Morgan fingerprint density at radius 1 is 1.75 bits per heavy atom. The molecule has 5 heteroatoms. The quantitative estimate of drug-likeness (QED) is 0.502. The van der Waals surface area contributed by atoms with Gasteiger partial charge in [-0.3, -0.25) is 4.79 Å². The van der Waals surface area contributed by atoms with Crippen LogP contribution in [0.2, 0.25) is 0 Å². The second-order valence-electron chi connectivity index (χ2n) is 1.74. The van der Waals surface area contributed by atoms with Crippen molar-refractivity contribution in [2.24, 2.45) is 0 Å². The van der Waals surface area contributed by atoms with E-state index in [4.69, 9.17) is 5.11 Å². The van der Waals surface area contributed by atoms with Crippen molar-refractivity contribution >= 4 is 23.6 Å². The molecule has 0 bridgehead atoms. The summed E-state index contributed by atoms with van der Waals surface area (Å²) in [5, 5.41) is 8.19. The van der Waals surface area contributed by atoms with E-state index in [0.29, 0.717) is 11.2 Å². The Kier molecular flexibility index (Phi) is 2.56. The number of carboxylic acid groups (broad SMARTS) is 1. The lowest BCUT2D eigenvalue weighted by molar-refractivity contribution is -0.130. The third-order valence-electron chi connectivity index (χ3n) is 0.990. The molecule has 1 N–H and O–H groups in total. The van der Waals surface area contributed by atoms with Gasteiger partial charge in [0, 0.05) is 5.92 Å². The second-order valence-corrected chi connectivity index (χ2v) is 2.62. The van der Waals surface area contributed by atoms with E-state index in [0.717, 1.165) is 11.3 Å². The van der Waals surface area contributed by atoms with Crippen molar-refractivity contribution in [1.82, 2.24) is 4.98 Å². The molecule has 0 radical (unpaired) electrons. The van der Waals surface area contributed by atoms with Crippen molar-refractivity contribution in [3.05, 3.63) is 16.1 Å². The highest BCUT2D eigenvalue weighted by atomic mass is 32.1. The Morgan fingerprint density at radius 2 is 2.50 bits per heavy atom. The highest BCUT2D eigenvalue weighted by Crippen LogP contribution is 2.08. The van der Waals surface area contributed by atoms with Gasteiger partial charge in [0.2, 0.25) is 0 Å². The van der Waals surface area contributed by atoms with Gasteiger partial charge in [0.15, 0.2) is 6.29 Å². The SMILES string of the molecule is O=Cc1scnc1C#CC(=O)O. The van der Waals surface area contributed by atoms with Gasteiger partial charge in [-0.25, -0.2) is 9.78 Å². The minimum atomic E-state index is -1.24. The average Bonchev–Trinajstić information content (AvgIpc) is 2.47. The second kappa shape index (κ2) is 3.64. The molecule has 1 rings (SSSR count). The summed E-state index contributed by atoms with van der Waals surface area (Å²) < 4.78 is 0. The molecule has 0 aromatic carbocycles. The number of nitrogens with zero attached hydrogens (tertiary/aromatic N) is 1. The number of hydrogen-bond donors (Lipinski definition) is 1. The molecule has 0 amide bonds. The average molecular weight is 181 g/mol. The summed E-state index contributed by atoms with van der Waals surface area (Å²) in [7, 11) is 0. The standard InChI is InChI=1S/C7H3NO3S/c9-3-6-5(8-4-12-6)1-2-7(10)11/h3-4H,(H,10,11). The fourth-order valence-corrected chi connectivity index (χ4v) is 1.09. The fraction of sp³-hybridized carbons (Fsp3) is 0. The van der Waals surface area contributed by atoms with Gasteiger partial charge in [-0.2, -0.15) is 0 Å². The Bertz CT molecular complexity index is 371. The molecule has 1 aromatic rings. The molecule has 0 aliphatic rings. The van der Waals surface area contributed by atoms with E-state index < -0.39 is 5.97 Å². The van der Waals surface area contributed by atoms with Gasteiger partial charge in [-0.1, -0.05) is 0 Å². The van der Waals surface area contributed by atoms with Gasteiger partial charge in [0.25, 0.3) is 0 Å². The van der Waals surface area contributed by atoms with Crippen LogP contribution in [0.1, 0.15) is 15.4 Å². The molecule has 0 aliphatic carbocycles. The molecular weight excluding hydrogens is 178 g/mol. The molecule has 0 aliphatic heterocycles. The van der Waals surface area contributed by atoms with Crippen LogP contribution in [-0.2, 0) is 4.79 Å². The molecule has 0 atom stereocenters. The molecule has 0 saturated heterocycles.